The molecule has 0 radical (unpaired) electrons. The van der Waals surface area contributed by atoms with E-state index in [-0.39, 0.29) is 12.5 Å². The third kappa shape index (κ3) is 4.44. The minimum absolute atomic E-state index is 0.0509. The Labute approximate surface area is 213 Å². The topological polar surface area (TPSA) is 75.8 Å². The van der Waals surface area contributed by atoms with Gasteiger partial charge in [0, 0.05) is 41.2 Å². The summed E-state index contributed by atoms with van der Waals surface area (Å²) in [6, 6.07) is 13.8. The summed E-state index contributed by atoms with van der Waals surface area (Å²) in [6.45, 7) is 1.37. The Hall–Kier alpha value is -2.54. The van der Waals surface area contributed by atoms with Gasteiger partial charge in [-0.2, -0.15) is 0 Å². The molecule has 0 amide bonds. The number of anilines is 1. The highest BCUT2D eigenvalue weighted by Crippen LogP contribution is 2.47. The molecule has 2 aliphatic carbocycles. The number of nitrogens with zero attached hydrogens (tertiary/aromatic N) is 2. The Morgan fingerprint density at radius 3 is 2.49 bits per heavy atom. The summed E-state index contributed by atoms with van der Waals surface area (Å²) in [6.07, 6.45) is 4.50. The Morgan fingerprint density at radius 2 is 1.86 bits per heavy atom. The van der Waals surface area contributed by atoms with Crippen LogP contribution in [0.2, 0.25) is 10.0 Å². The van der Waals surface area contributed by atoms with Gasteiger partial charge in [0.2, 0.25) is 0 Å². The molecule has 6 rings (SSSR count). The van der Waals surface area contributed by atoms with Gasteiger partial charge in [0.25, 0.3) is 0 Å². The monoisotopic (exact) mass is 512 g/mol. The summed E-state index contributed by atoms with van der Waals surface area (Å²) in [4.78, 5) is 13.4. The summed E-state index contributed by atoms with van der Waals surface area (Å²) in [7, 11) is 0. The van der Waals surface area contributed by atoms with Crippen molar-refractivity contribution in [3.05, 3.63) is 69.4 Å². The fourth-order valence-corrected chi connectivity index (χ4v) is 6.22. The van der Waals surface area contributed by atoms with Crippen molar-refractivity contribution in [1.29, 1.82) is 0 Å². The van der Waals surface area contributed by atoms with E-state index < -0.39 is 5.97 Å². The van der Waals surface area contributed by atoms with Crippen LogP contribution in [0.4, 0.5) is 5.69 Å². The van der Waals surface area contributed by atoms with E-state index in [2.05, 4.69) is 10.1 Å². The second-order valence-electron chi connectivity index (χ2n) is 9.87. The van der Waals surface area contributed by atoms with E-state index in [0.717, 1.165) is 54.8 Å². The molecule has 1 aliphatic heterocycles. The number of hydrogen-bond donors (Lipinski definition) is 1. The van der Waals surface area contributed by atoms with Crippen molar-refractivity contribution in [2.45, 2.75) is 56.8 Å². The van der Waals surface area contributed by atoms with Crippen LogP contribution in [0.5, 0.6) is 0 Å². The van der Waals surface area contributed by atoms with E-state index in [1.54, 1.807) is 0 Å². The van der Waals surface area contributed by atoms with Gasteiger partial charge in [-0.05, 0) is 55.5 Å². The molecule has 6 nitrogen and oxygen atoms in total. The van der Waals surface area contributed by atoms with Crippen LogP contribution in [0.3, 0.4) is 0 Å². The zero-order chi connectivity index (χ0) is 24.1. The first kappa shape index (κ1) is 22.9. The molecule has 3 aliphatic rings. The first-order valence-corrected chi connectivity index (χ1v) is 12.9. The summed E-state index contributed by atoms with van der Waals surface area (Å²) in [5, 5.41) is 14.5. The molecular weight excluding hydrogens is 487 g/mol. The molecular formula is C27H26Cl2N2O4. The van der Waals surface area contributed by atoms with Gasteiger partial charge in [0.05, 0.1) is 29.2 Å². The maximum absolute atomic E-state index is 10.9. The summed E-state index contributed by atoms with van der Waals surface area (Å²) < 4.78 is 12.3. The van der Waals surface area contributed by atoms with E-state index in [9.17, 15) is 4.79 Å². The number of rotatable bonds is 8. The number of carboxylic acid groups (broad SMARTS) is 1. The number of aromatic nitrogens is 1. The maximum Gasteiger partial charge on any atom is 0.307 e. The predicted molar refractivity (Wildman–Crippen MR) is 134 cm³/mol. The van der Waals surface area contributed by atoms with Gasteiger partial charge in [0.1, 0.15) is 11.5 Å². The average molecular weight is 513 g/mol. The van der Waals surface area contributed by atoms with Crippen molar-refractivity contribution in [2.75, 3.05) is 11.4 Å². The molecule has 8 heteroatoms. The zero-order valence-corrected chi connectivity index (χ0v) is 20.6. The normalized spacial score (nSPS) is 23.3. The lowest BCUT2D eigenvalue weighted by molar-refractivity contribution is -0.136. The molecule has 0 spiro atoms. The molecule has 35 heavy (non-hydrogen) atoms. The number of halogens is 2. The Morgan fingerprint density at radius 1 is 1.11 bits per heavy atom. The third-order valence-electron chi connectivity index (χ3n) is 7.51. The maximum atomic E-state index is 10.9. The molecule has 2 saturated carbocycles. The minimum atomic E-state index is -0.810. The second-order valence-corrected chi connectivity index (χ2v) is 10.7. The van der Waals surface area contributed by atoms with Crippen molar-refractivity contribution in [3.8, 4) is 11.3 Å². The van der Waals surface area contributed by atoms with Crippen LogP contribution in [0.1, 0.15) is 48.5 Å². The van der Waals surface area contributed by atoms with E-state index in [1.165, 1.54) is 0 Å². The molecule has 3 fully saturated rings. The molecule has 2 heterocycles. The number of ether oxygens (including phenoxy) is 1. The third-order valence-corrected chi connectivity index (χ3v) is 8.14. The molecule has 2 bridgehead atoms. The van der Waals surface area contributed by atoms with Crippen LogP contribution in [0, 0.1) is 5.92 Å². The van der Waals surface area contributed by atoms with Crippen LogP contribution in [-0.4, -0.2) is 34.9 Å². The van der Waals surface area contributed by atoms with Gasteiger partial charge in [-0.3, -0.25) is 4.79 Å². The van der Waals surface area contributed by atoms with Gasteiger partial charge in [-0.1, -0.05) is 46.6 Å². The Balaban J connectivity index is 1.15. The number of fused-ring (bicyclic) bond motifs is 2. The highest BCUT2D eigenvalue weighted by atomic mass is 35.5. The quantitative estimate of drug-likeness (QED) is 0.379. The van der Waals surface area contributed by atoms with Gasteiger partial charge in [-0.25, -0.2) is 0 Å². The van der Waals surface area contributed by atoms with Crippen molar-refractivity contribution >= 4 is 34.9 Å². The smallest absolute Gasteiger partial charge is 0.307 e. The lowest BCUT2D eigenvalue weighted by Crippen LogP contribution is -2.38. The molecule has 2 aromatic carbocycles. The average Bonchev–Trinajstić information content (AvgIpc) is 3.28. The molecule has 1 saturated heterocycles. The number of aliphatic carboxylic acids is 1. The lowest BCUT2D eigenvalue weighted by atomic mass is 10.0. The van der Waals surface area contributed by atoms with Crippen LogP contribution in [-0.2, 0) is 22.6 Å². The fraction of sp³-hybridized carbons (Fsp3) is 0.407. The van der Waals surface area contributed by atoms with Crippen LogP contribution >= 0.6 is 23.2 Å². The van der Waals surface area contributed by atoms with E-state index in [1.807, 2.05) is 42.5 Å². The van der Waals surface area contributed by atoms with Crippen LogP contribution < -0.4 is 4.90 Å². The fourth-order valence-electron chi connectivity index (χ4n) is 5.65. The van der Waals surface area contributed by atoms with Gasteiger partial charge in [0.15, 0.2) is 0 Å². The van der Waals surface area contributed by atoms with Crippen molar-refractivity contribution in [3.63, 3.8) is 0 Å². The molecule has 1 aromatic heterocycles. The van der Waals surface area contributed by atoms with Gasteiger partial charge in [-0.15, -0.1) is 0 Å². The highest BCUT2D eigenvalue weighted by molar-refractivity contribution is 6.39. The Bertz CT molecular complexity index is 1230. The Kier molecular flexibility index (Phi) is 5.99. The standard InChI is InChI=1S/C27H26Cl2N2O4/c28-21-2-1-3-22(29)25(21)26-20(27(35-30-26)16-6-7-16)14-34-23-12-19-11-17(23)13-31(19)18-8-4-15(5-9-18)10-24(32)33/h1-5,8-9,16-17,19,23H,6-7,10-14H2,(H,32,33)/t17-,19-,23+/m0/s1. The van der Waals surface area contributed by atoms with Gasteiger partial charge >= 0.3 is 5.97 Å². The largest absolute Gasteiger partial charge is 0.481 e. The molecule has 0 unspecified atom stereocenters. The first-order valence-electron chi connectivity index (χ1n) is 12.1. The van der Waals surface area contributed by atoms with Crippen LogP contribution in [0.15, 0.2) is 47.0 Å². The number of carbonyl (C=O) groups is 1. The number of carboxylic acids is 1. The first-order chi connectivity index (χ1) is 17.0. The SMILES string of the molecule is O=C(O)Cc1ccc(N2C[C@@H]3C[C@H]2C[C@H]3OCc2c(-c3c(Cl)cccc3Cl)noc2C2CC2)cc1. The van der Waals surface area contributed by atoms with Crippen molar-refractivity contribution < 1.29 is 19.2 Å². The molecule has 1 N–H and O–H groups in total. The number of piperidine rings is 1. The zero-order valence-electron chi connectivity index (χ0n) is 19.1. The van der Waals surface area contributed by atoms with E-state index >= 15 is 0 Å². The summed E-state index contributed by atoms with van der Waals surface area (Å²) in [5.41, 5.74) is 4.33. The lowest BCUT2D eigenvalue weighted by Gasteiger charge is -2.33. The van der Waals surface area contributed by atoms with Crippen molar-refractivity contribution in [1.82, 2.24) is 5.16 Å². The molecule has 3 atom stereocenters. The minimum Gasteiger partial charge on any atom is -0.481 e. The number of benzene rings is 2. The summed E-state index contributed by atoms with van der Waals surface area (Å²) in [5.74, 6) is 0.948. The van der Waals surface area contributed by atoms with E-state index in [4.69, 9.17) is 37.6 Å². The molecule has 3 aromatic rings. The number of hydrogen-bond acceptors (Lipinski definition) is 5. The van der Waals surface area contributed by atoms with Crippen molar-refractivity contribution in [2.24, 2.45) is 5.92 Å². The predicted octanol–water partition coefficient (Wildman–Crippen LogP) is 6.34. The van der Waals surface area contributed by atoms with Gasteiger partial charge < -0.3 is 19.3 Å². The molecule has 182 valence electrons. The van der Waals surface area contributed by atoms with Crippen LogP contribution in [0.25, 0.3) is 11.3 Å². The highest BCUT2D eigenvalue weighted by Gasteiger charge is 2.45. The summed E-state index contributed by atoms with van der Waals surface area (Å²) >= 11 is 13.0. The van der Waals surface area contributed by atoms with E-state index in [0.29, 0.717) is 45.8 Å². The second kappa shape index (κ2) is 9.16.